The number of ether oxygens (including phenoxy) is 2. The predicted octanol–water partition coefficient (Wildman–Crippen LogP) is 5.52. The summed E-state index contributed by atoms with van der Waals surface area (Å²) in [7, 11) is 0. The van der Waals surface area contributed by atoms with Crippen molar-refractivity contribution in [2.45, 2.75) is 32.9 Å². The zero-order chi connectivity index (χ0) is 20.0. The Bertz CT molecular complexity index is 782. The first-order valence-electron chi connectivity index (χ1n) is 8.26. The minimum absolute atomic E-state index is 0.00725. The third kappa shape index (κ3) is 5.65. The molecule has 0 spiro atoms. The Balaban J connectivity index is 2.25. The molecule has 0 saturated carbocycles. The predicted molar refractivity (Wildman–Crippen MR) is 91.6 cm³/mol. The maximum Gasteiger partial charge on any atom is 0.157 e. The number of halogens is 4. The second-order valence-electron chi connectivity index (χ2n) is 5.70. The highest BCUT2D eigenvalue weighted by molar-refractivity contribution is 5.47. The maximum atomic E-state index is 14.0. The fourth-order valence-corrected chi connectivity index (χ4v) is 2.08. The lowest BCUT2D eigenvalue weighted by Gasteiger charge is -2.10. The molecule has 2 aromatic carbocycles. The summed E-state index contributed by atoms with van der Waals surface area (Å²) in [5.74, 6) is -4.52. The largest absolute Gasteiger partial charge is 0.493 e. The molecule has 0 aromatic heterocycles. The van der Waals surface area contributed by atoms with Crippen molar-refractivity contribution in [2.24, 2.45) is 16.0 Å². The molecule has 5 nitrogen and oxygen atoms in total. The normalized spacial score (nSPS) is 12.4. The second kappa shape index (κ2) is 9.31. The number of benzene rings is 2. The van der Waals surface area contributed by atoms with E-state index in [9.17, 15) is 17.6 Å². The summed E-state index contributed by atoms with van der Waals surface area (Å²) >= 11 is 0. The molecule has 0 fully saturated rings. The maximum absolute atomic E-state index is 14.0. The highest BCUT2D eigenvalue weighted by Crippen LogP contribution is 2.32. The van der Waals surface area contributed by atoms with Crippen LogP contribution in [0.15, 0.2) is 34.5 Å². The first kappa shape index (κ1) is 20.6. The molecule has 0 heterocycles. The van der Waals surface area contributed by atoms with Gasteiger partial charge in [0.2, 0.25) is 0 Å². The Morgan fingerprint density at radius 2 is 1.33 bits per heavy atom. The Morgan fingerprint density at radius 1 is 0.889 bits per heavy atom. The van der Waals surface area contributed by atoms with Crippen LogP contribution >= 0.6 is 0 Å². The Morgan fingerprint density at radius 3 is 1.74 bits per heavy atom. The van der Waals surface area contributed by atoms with E-state index in [1.165, 1.54) is 6.92 Å². The first-order valence-corrected chi connectivity index (χ1v) is 8.26. The van der Waals surface area contributed by atoms with Gasteiger partial charge < -0.3 is 9.47 Å². The van der Waals surface area contributed by atoms with Crippen LogP contribution in [0.5, 0.6) is 11.5 Å². The molecular weight excluding hydrogens is 366 g/mol. The smallest absolute Gasteiger partial charge is 0.157 e. The number of unbranched alkanes of at least 4 members (excludes halogenated alkanes) is 1. The van der Waals surface area contributed by atoms with E-state index in [4.69, 9.17) is 15.2 Å². The van der Waals surface area contributed by atoms with Crippen molar-refractivity contribution in [3.05, 3.63) is 47.5 Å². The summed E-state index contributed by atoms with van der Waals surface area (Å²) in [5.41, 5.74) is 3.78. The lowest BCUT2D eigenvalue weighted by atomic mass is 10.2. The van der Waals surface area contributed by atoms with Gasteiger partial charge in [-0.2, -0.15) is 0 Å². The van der Waals surface area contributed by atoms with Crippen molar-refractivity contribution < 1.29 is 27.0 Å². The van der Waals surface area contributed by atoms with Crippen molar-refractivity contribution in [3.63, 3.8) is 0 Å². The van der Waals surface area contributed by atoms with Gasteiger partial charge in [0.25, 0.3) is 0 Å². The monoisotopic (exact) mass is 385 g/mol. The number of hydrogen-bond acceptors (Lipinski definition) is 5. The van der Waals surface area contributed by atoms with E-state index >= 15 is 0 Å². The standard InChI is InChI=1S/C18H19F4N3O2/c1-3-4-5-26-11-6-13(19)17(14(20)7-11)24-25-18-15(21)8-12(9-16(18)22)27-10(2)23/h6-10H,3-5,23H2,1-2H3/b25-24+. The molecule has 0 bridgehead atoms. The molecular formula is C18H19F4N3O2. The van der Waals surface area contributed by atoms with Crippen molar-refractivity contribution >= 4 is 11.4 Å². The van der Waals surface area contributed by atoms with Gasteiger partial charge in [0.05, 0.1) is 6.61 Å². The van der Waals surface area contributed by atoms with E-state index in [0.717, 1.165) is 37.1 Å². The summed E-state index contributed by atoms with van der Waals surface area (Å²) in [6, 6.07) is 3.55. The van der Waals surface area contributed by atoms with E-state index in [2.05, 4.69) is 10.2 Å². The molecule has 0 saturated heterocycles. The molecule has 0 aliphatic rings. The average molecular weight is 385 g/mol. The first-order chi connectivity index (χ1) is 12.8. The number of azo groups is 1. The van der Waals surface area contributed by atoms with Crippen molar-refractivity contribution in [2.75, 3.05) is 6.61 Å². The number of hydrogen-bond donors (Lipinski definition) is 1. The number of nitrogens with zero attached hydrogens (tertiary/aromatic N) is 2. The van der Waals surface area contributed by atoms with Gasteiger partial charge in [-0.15, -0.1) is 10.2 Å². The van der Waals surface area contributed by atoms with Crippen LogP contribution in [0.4, 0.5) is 28.9 Å². The summed E-state index contributed by atoms with van der Waals surface area (Å²) in [5, 5.41) is 6.59. The van der Waals surface area contributed by atoms with Gasteiger partial charge in [-0.05, 0) is 13.3 Å². The minimum atomic E-state index is -1.12. The van der Waals surface area contributed by atoms with Crippen LogP contribution in [0.2, 0.25) is 0 Å². The molecule has 146 valence electrons. The van der Waals surface area contributed by atoms with Gasteiger partial charge in [0, 0.05) is 24.3 Å². The van der Waals surface area contributed by atoms with Gasteiger partial charge in [0.1, 0.15) is 17.7 Å². The molecule has 0 amide bonds. The van der Waals surface area contributed by atoms with Gasteiger partial charge in [-0.25, -0.2) is 17.6 Å². The highest BCUT2D eigenvalue weighted by atomic mass is 19.1. The van der Waals surface area contributed by atoms with Crippen molar-refractivity contribution in [1.82, 2.24) is 0 Å². The fourth-order valence-electron chi connectivity index (χ4n) is 2.08. The van der Waals surface area contributed by atoms with Crippen LogP contribution < -0.4 is 15.2 Å². The Kier molecular flexibility index (Phi) is 7.12. The quantitative estimate of drug-likeness (QED) is 0.281. The lowest BCUT2D eigenvalue weighted by Crippen LogP contribution is -2.22. The fraction of sp³-hybridized carbons (Fsp3) is 0.333. The van der Waals surface area contributed by atoms with Gasteiger partial charge >= 0.3 is 0 Å². The zero-order valence-corrected chi connectivity index (χ0v) is 14.8. The topological polar surface area (TPSA) is 69.2 Å². The van der Waals surface area contributed by atoms with E-state index in [1.54, 1.807) is 0 Å². The Labute approximate surface area is 153 Å². The second-order valence-corrected chi connectivity index (χ2v) is 5.70. The molecule has 27 heavy (non-hydrogen) atoms. The molecule has 2 aromatic rings. The minimum Gasteiger partial charge on any atom is -0.493 e. The summed E-state index contributed by atoms with van der Waals surface area (Å²) in [6.07, 6.45) is 0.812. The van der Waals surface area contributed by atoms with Crippen molar-refractivity contribution in [3.8, 4) is 11.5 Å². The molecule has 1 atom stereocenters. The van der Waals surface area contributed by atoms with E-state index in [-0.39, 0.29) is 11.5 Å². The zero-order valence-electron chi connectivity index (χ0n) is 14.8. The number of rotatable bonds is 8. The van der Waals surface area contributed by atoms with E-state index in [1.807, 2.05) is 6.92 Å². The van der Waals surface area contributed by atoms with E-state index in [0.29, 0.717) is 6.61 Å². The summed E-state index contributed by atoms with van der Waals surface area (Å²) < 4.78 is 66.2. The molecule has 0 aliphatic carbocycles. The molecule has 9 heteroatoms. The summed E-state index contributed by atoms with van der Waals surface area (Å²) in [6.45, 7) is 3.73. The Hall–Kier alpha value is -2.68. The molecule has 0 radical (unpaired) electrons. The number of nitrogens with two attached hydrogens (primary N) is 1. The molecule has 2 rings (SSSR count). The van der Waals surface area contributed by atoms with Crippen molar-refractivity contribution in [1.29, 1.82) is 0 Å². The average Bonchev–Trinajstić information content (AvgIpc) is 2.55. The van der Waals surface area contributed by atoms with Crippen LogP contribution in [0.3, 0.4) is 0 Å². The van der Waals surface area contributed by atoms with Crippen LogP contribution in [0, 0.1) is 23.3 Å². The lowest BCUT2D eigenvalue weighted by molar-refractivity contribution is 0.228. The van der Waals surface area contributed by atoms with Crippen LogP contribution in [0.1, 0.15) is 26.7 Å². The summed E-state index contributed by atoms with van der Waals surface area (Å²) in [4.78, 5) is 0. The third-order valence-electron chi connectivity index (χ3n) is 3.32. The SMILES string of the molecule is CCCCOc1cc(F)c(/N=N/c2c(F)cc(OC(C)N)cc2F)c(F)c1. The van der Waals surface area contributed by atoms with Gasteiger partial charge in [-0.3, -0.25) is 5.73 Å². The molecule has 1 unspecified atom stereocenters. The molecule has 0 aliphatic heterocycles. The van der Waals surface area contributed by atoms with E-state index < -0.39 is 40.9 Å². The third-order valence-corrected chi connectivity index (χ3v) is 3.32. The van der Waals surface area contributed by atoms with Gasteiger partial charge in [0.15, 0.2) is 34.6 Å². The molecule has 2 N–H and O–H groups in total. The van der Waals surface area contributed by atoms with Crippen LogP contribution in [0.25, 0.3) is 0 Å². The van der Waals surface area contributed by atoms with Crippen LogP contribution in [-0.4, -0.2) is 12.8 Å². The van der Waals surface area contributed by atoms with Gasteiger partial charge in [-0.1, -0.05) is 13.3 Å². The van der Waals surface area contributed by atoms with Crippen LogP contribution in [-0.2, 0) is 0 Å². The highest BCUT2D eigenvalue weighted by Gasteiger charge is 2.15.